The quantitative estimate of drug-likeness (QED) is 0.891. The summed E-state index contributed by atoms with van der Waals surface area (Å²) in [6, 6.07) is 2.37. The SMILES string of the molecule is CC(CC1CCCO1)Nc1cc(N2CCOCC2)ncn1. The second-order valence-corrected chi connectivity index (χ2v) is 5.78. The summed E-state index contributed by atoms with van der Waals surface area (Å²) in [4.78, 5) is 10.9. The Morgan fingerprint density at radius 2 is 2.19 bits per heavy atom. The molecule has 2 saturated heterocycles. The number of nitrogens with one attached hydrogen (secondary N) is 1. The average molecular weight is 292 g/mol. The van der Waals surface area contributed by atoms with Gasteiger partial charge in [0.2, 0.25) is 0 Å². The lowest BCUT2D eigenvalue weighted by Crippen LogP contribution is -2.36. The summed E-state index contributed by atoms with van der Waals surface area (Å²) in [6.45, 7) is 6.40. The number of ether oxygens (including phenoxy) is 2. The Morgan fingerprint density at radius 1 is 1.33 bits per heavy atom. The third-order valence-corrected chi connectivity index (χ3v) is 4.02. The predicted octanol–water partition coefficient (Wildman–Crippen LogP) is 1.68. The van der Waals surface area contributed by atoms with Gasteiger partial charge in [-0.05, 0) is 26.2 Å². The largest absolute Gasteiger partial charge is 0.378 e. The highest BCUT2D eigenvalue weighted by Crippen LogP contribution is 2.20. The van der Waals surface area contributed by atoms with Crippen LogP contribution < -0.4 is 10.2 Å². The van der Waals surface area contributed by atoms with Crippen molar-refractivity contribution in [1.82, 2.24) is 9.97 Å². The van der Waals surface area contributed by atoms with Gasteiger partial charge >= 0.3 is 0 Å². The molecule has 2 aliphatic heterocycles. The molecule has 3 heterocycles. The maximum Gasteiger partial charge on any atom is 0.134 e. The van der Waals surface area contributed by atoms with Gasteiger partial charge in [-0.2, -0.15) is 0 Å². The monoisotopic (exact) mass is 292 g/mol. The van der Waals surface area contributed by atoms with Crippen LogP contribution in [0.4, 0.5) is 11.6 Å². The summed E-state index contributed by atoms with van der Waals surface area (Å²) < 4.78 is 11.1. The third kappa shape index (κ3) is 4.04. The second-order valence-electron chi connectivity index (χ2n) is 5.78. The Kier molecular flexibility index (Phi) is 4.87. The number of hydrogen-bond donors (Lipinski definition) is 1. The summed E-state index contributed by atoms with van der Waals surface area (Å²) in [5.41, 5.74) is 0. The van der Waals surface area contributed by atoms with Crippen molar-refractivity contribution < 1.29 is 9.47 Å². The molecule has 0 aromatic carbocycles. The predicted molar refractivity (Wildman–Crippen MR) is 81.7 cm³/mol. The van der Waals surface area contributed by atoms with Crippen LogP contribution in [0.5, 0.6) is 0 Å². The van der Waals surface area contributed by atoms with Crippen LogP contribution in [0.3, 0.4) is 0 Å². The highest BCUT2D eigenvalue weighted by molar-refractivity contribution is 5.49. The van der Waals surface area contributed by atoms with Gasteiger partial charge in [0.25, 0.3) is 0 Å². The molecule has 1 N–H and O–H groups in total. The molecule has 1 aromatic rings. The van der Waals surface area contributed by atoms with E-state index < -0.39 is 0 Å². The molecule has 2 fully saturated rings. The van der Waals surface area contributed by atoms with Crippen molar-refractivity contribution in [2.75, 3.05) is 43.1 Å². The van der Waals surface area contributed by atoms with Crippen molar-refractivity contribution in [3.63, 3.8) is 0 Å². The van der Waals surface area contributed by atoms with E-state index in [1.54, 1.807) is 6.33 Å². The van der Waals surface area contributed by atoms with Gasteiger partial charge in [0.15, 0.2) is 0 Å². The Bertz CT molecular complexity index is 445. The molecule has 0 amide bonds. The number of anilines is 2. The van der Waals surface area contributed by atoms with Gasteiger partial charge in [0, 0.05) is 31.8 Å². The molecule has 21 heavy (non-hydrogen) atoms. The average Bonchev–Trinajstić information content (AvgIpc) is 3.01. The molecular formula is C15H24N4O2. The molecule has 1 aromatic heterocycles. The van der Waals surface area contributed by atoms with Crippen molar-refractivity contribution in [2.24, 2.45) is 0 Å². The first-order chi connectivity index (χ1) is 10.3. The highest BCUT2D eigenvalue weighted by Gasteiger charge is 2.19. The maximum absolute atomic E-state index is 5.69. The van der Waals surface area contributed by atoms with Gasteiger partial charge in [0.1, 0.15) is 18.0 Å². The van der Waals surface area contributed by atoms with E-state index in [1.165, 1.54) is 12.8 Å². The van der Waals surface area contributed by atoms with E-state index >= 15 is 0 Å². The highest BCUT2D eigenvalue weighted by atomic mass is 16.5. The lowest BCUT2D eigenvalue weighted by molar-refractivity contribution is 0.101. The molecule has 0 radical (unpaired) electrons. The van der Waals surface area contributed by atoms with E-state index in [0.717, 1.165) is 51.0 Å². The molecule has 0 bridgehead atoms. The van der Waals surface area contributed by atoms with Crippen molar-refractivity contribution in [1.29, 1.82) is 0 Å². The fourth-order valence-electron chi connectivity index (χ4n) is 2.93. The first kappa shape index (κ1) is 14.5. The normalized spacial score (nSPS) is 24.0. The first-order valence-electron chi connectivity index (χ1n) is 7.84. The molecule has 6 heteroatoms. The van der Waals surface area contributed by atoms with Gasteiger partial charge in [0.05, 0.1) is 19.3 Å². The Labute approximate surface area is 125 Å². The van der Waals surface area contributed by atoms with Gasteiger partial charge < -0.3 is 19.7 Å². The standard InChI is InChI=1S/C15H24N4O2/c1-12(9-13-3-2-6-21-13)18-14-10-15(17-11-16-14)19-4-7-20-8-5-19/h10-13H,2-9H2,1H3,(H,16,17,18). The van der Waals surface area contributed by atoms with Gasteiger partial charge in [-0.1, -0.05) is 0 Å². The zero-order valence-electron chi connectivity index (χ0n) is 12.6. The molecule has 116 valence electrons. The van der Waals surface area contributed by atoms with Crippen molar-refractivity contribution in [3.05, 3.63) is 12.4 Å². The fraction of sp³-hybridized carbons (Fsp3) is 0.733. The zero-order chi connectivity index (χ0) is 14.5. The summed E-state index contributed by atoms with van der Waals surface area (Å²) >= 11 is 0. The zero-order valence-corrected chi connectivity index (χ0v) is 12.6. The Balaban J connectivity index is 1.57. The molecule has 0 spiro atoms. The summed E-state index contributed by atoms with van der Waals surface area (Å²) in [5.74, 6) is 1.86. The van der Waals surface area contributed by atoms with E-state index in [9.17, 15) is 0 Å². The van der Waals surface area contributed by atoms with E-state index in [4.69, 9.17) is 9.47 Å². The summed E-state index contributed by atoms with van der Waals surface area (Å²) in [7, 11) is 0. The molecule has 6 nitrogen and oxygen atoms in total. The lowest BCUT2D eigenvalue weighted by atomic mass is 10.1. The number of morpholine rings is 1. The van der Waals surface area contributed by atoms with Crippen LogP contribution in [0.25, 0.3) is 0 Å². The van der Waals surface area contributed by atoms with Crippen LogP contribution in [0.1, 0.15) is 26.2 Å². The minimum atomic E-state index is 0.348. The number of nitrogens with zero attached hydrogens (tertiary/aromatic N) is 3. The Morgan fingerprint density at radius 3 is 2.95 bits per heavy atom. The maximum atomic E-state index is 5.69. The molecule has 2 unspecified atom stereocenters. The molecule has 0 saturated carbocycles. The molecular weight excluding hydrogens is 268 g/mol. The topological polar surface area (TPSA) is 59.5 Å². The van der Waals surface area contributed by atoms with E-state index in [-0.39, 0.29) is 0 Å². The van der Waals surface area contributed by atoms with Gasteiger partial charge in [-0.15, -0.1) is 0 Å². The Hall–Kier alpha value is -1.40. The van der Waals surface area contributed by atoms with Crippen LogP contribution in [-0.4, -0.2) is 55.0 Å². The van der Waals surface area contributed by atoms with Crippen LogP contribution in [-0.2, 0) is 9.47 Å². The summed E-state index contributed by atoms with van der Waals surface area (Å²) in [5, 5.41) is 3.46. The fourth-order valence-corrected chi connectivity index (χ4v) is 2.93. The molecule has 2 aliphatic rings. The number of rotatable bonds is 5. The van der Waals surface area contributed by atoms with Crippen LogP contribution in [0.15, 0.2) is 12.4 Å². The van der Waals surface area contributed by atoms with E-state index in [1.807, 2.05) is 6.07 Å². The molecule has 3 rings (SSSR count). The van der Waals surface area contributed by atoms with Crippen molar-refractivity contribution >= 4 is 11.6 Å². The van der Waals surface area contributed by atoms with Crippen LogP contribution in [0, 0.1) is 0 Å². The van der Waals surface area contributed by atoms with E-state index in [0.29, 0.717) is 12.1 Å². The smallest absolute Gasteiger partial charge is 0.134 e. The lowest BCUT2D eigenvalue weighted by Gasteiger charge is -2.28. The first-order valence-corrected chi connectivity index (χ1v) is 7.84. The number of aromatic nitrogens is 2. The van der Waals surface area contributed by atoms with Gasteiger partial charge in [-0.25, -0.2) is 9.97 Å². The van der Waals surface area contributed by atoms with Crippen LogP contribution >= 0.6 is 0 Å². The summed E-state index contributed by atoms with van der Waals surface area (Å²) in [6.07, 6.45) is 5.41. The van der Waals surface area contributed by atoms with Crippen LogP contribution in [0.2, 0.25) is 0 Å². The second kappa shape index (κ2) is 7.04. The van der Waals surface area contributed by atoms with E-state index in [2.05, 4.69) is 27.1 Å². The van der Waals surface area contributed by atoms with Crippen molar-refractivity contribution in [2.45, 2.75) is 38.3 Å². The minimum Gasteiger partial charge on any atom is -0.378 e. The minimum absolute atomic E-state index is 0.348. The van der Waals surface area contributed by atoms with Gasteiger partial charge in [-0.3, -0.25) is 0 Å². The molecule has 2 atom stereocenters. The van der Waals surface area contributed by atoms with Crippen molar-refractivity contribution in [3.8, 4) is 0 Å². The third-order valence-electron chi connectivity index (χ3n) is 4.02. The number of hydrogen-bond acceptors (Lipinski definition) is 6. The molecule has 0 aliphatic carbocycles.